The summed E-state index contributed by atoms with van der Waals surface area (Å²) in [4.78, 5) is 4.95. The molecule has 0 atom stereocenters. The third-order valence-electron chi connectivity index (χ3n) is 4.85. The summed E-state index contributed by atoms with van der Waals surface area (Å²) >= 11 is 6.36. The van der Waals surface area contributed by atoms with Crippen molar-refractivity contribution in [3.63, 3.8) is 0 Å². The third kappa shape index (κ3) is 4.58. The topological polar surface area (TPSA) is 88.4 Å². The number of nitrogens with zero attached hydrogens (tertiary/aromatic N) is 3. The minimum Gasteiger partial charge on any atom is -0.369 e. The Labute approximate surface area is 186 Å². The largest absolute Gasteiger partial charge is 0.369 e. The lowest BCUT2D eigenvalue weighted by molar-refractivity contribution is 0.583. The van der Waals surface area contributed by atoms with Crippen LogP contribution in [0.2, 0.25) is 5.02 Å². The summed E-state index contributed by atoms with van der Waals surface area (Å²) in [6.45, 7) is 2.49. The molecule has 2 aromatic carbocycles. The molecule has 4 rings (SSSR count). The molecule has 2 aromatic heterocycles. The number of benzene rings is 2. The zero-order valence-electron chi connectivity index (χ0n) is 17.1. The van der Waals surface area contributed by atoms with Gasteiger partial charge in [-0.3, -0.25) is 0 Å². The normalized spacial score (nSPS) is 11.7. The van der Waals surface area contributed by atoms with Crippen LogP contribution in [0.3, 0.4) is 0 Å². The molecule has 0 bridgehead atoms. The van der Waals surface area contributed by atoms with Gasteiger partial charge in [-0.1, -0.05) is 47.5 Å². The van der Waals surface area contributed by atoms with E-state index in [4.69, 9.17) is 16.6 Å². The molecule has 4 aromatic rings. The Hall–Kier alpha value is -2.88. The summed E-state index contributed by atoms with van der Waals surface area (Å²) in [7, 11) is -1.63. The van der Waals surface area contributed by atoms with E-state index < -0.39 is 10.0 Å². The van der Waals surface area contributed by atoms with Crippen LogP contribution in [-0.4, -0.2) is 44.0 Å². The zero-order chi connectivity index (χ0) is 22.0. The first-order valence-corrected chi connectivity index (χ1v) is 11.6. The average molecular weight is 454 g/mol. The number of hydrogen-bond acceptors (Lipinski definition) is 5. The molecular formula is C21H21BClN5O2S. The standard InChI is InChI=1S/C21H21BClN5O2S/c1-14-6-8-15(9-7-14)31(29,30)26-11-10-24-20-12-19(16-4-2-3-5-18(16)23)27-21-17(22)13-25-28(20)21/h2-9,12-13,24,26H,10-11,22H2,1H3. The Morgan fingerprint density at radius 2 is 1.84 bits per heavy atom. The Kier molecular flexibility index (Phi) is 6.00. The van der Waals surface area contributed by atoms with Crippen molar-refractivity contribution in [1.82, 2.24) is 19.3 Å². The molecule has 0 amide bonds. The lowest BCUT2D eigenvalue weighted by Gasteiger charge is -2.12. The number of sulfonamides is 1. The molecule has 31 heavy (non-hydrogen) atoms. The van der Waals surface area contributed by atoms with Gasteiger partial charge in [-0.05, 0) is 30.6 Å². The molecule has 0 aliphatic carbocycles. The Balaban J connectivity index is 1.53. The quantitative estimate of drug-likeness (QED) is 0.330. The average Bonchev–Trinajstić information content (AvgIpc) is 3.13. The van der Waals surface area contributed by atoms with E-state index in [1.54, 1.807) is 35.0 Å². The van der Waals surface area contributed by atoms with Crippen LogP contribution in [-0.2, 0) is 10.0 Å². The van der Waals surface area contributed by atoms with E-state index in [9.17, 15) is 8.42 Å². The van der Waals surface area contributed by atoms with Crippen molar-refractivity contribution in [2.24, 2.45) is 0 Å². The number of hydrogen-bond donors (Lipinski definition) is 2. The smallest absolute Gasteiger partial charge is 0.240 e. The Morgan fingerprint density at radius 3 is 2.58 bits per heavy atom. The van der Waals surface area contributed by atoms with Gasteiger partial charge in [-0.2, -0.15) is 9.61 Å². The summed E-state index contributed by atoms with van der Waals surface area (Å²) in [6, 6.07) is 16.1. The number of aryl methyl sites for hydroxylation is 1. The summed E-state index contributed by atoms with van der Waals surface area (Å²) in [5, 5.41) is 8.24. The van der Waals surface area contributed by atoms with Crippen molar-refractivity contribution in [2.45, 2.75) is 11.8 Å². The van der Waals surface area contributed by atoms with Gasteiger partial charge in [0, 0.05) is 35.9 Å². The summed E-state index contributed by atoms with van der Waals surface area (Å²) in [5.41, 5.74) is 4.17. The molecule has 0 aliphatic rings. The third-order valence-corrected chi connectivity index (χ3v) is 6.66. The van der Waals surface area contributed by atoms with E-state index in [1.165, 1.54) is 0 Å². The van der Waals surface area contributed by atoms with Gasteiger partial charge < -0.3 is 5.32 Å². The van der Waals surface area contributed by atoms with Crippen molar-refractivity contribution >= 4 is 46.4 Å². The van der Waals surface area contributed by atoms with Crippen molar-refractivity contribution < 1.29 is 8.42 Å². The Bertz CT molecular complexity index is 1340. The van der Waals surface area contributed by atoms with Crippen molar-refractivity contribution in [3.8, 4) is 11.3 Å². The van der Waals surface area contributed by atoms with Crippen molar-refractivity contribution in [1.29, 1.82) is 0 Å². The predicted octanol–water partition coefficient (Wildman–Crippen LogP) is 2.01. The molecule has 0 fully saturated rings. The second kappa shape index (κ2) is 8.70. The molecule has 0 unspecified atom stereocenters. The number of anilines is 1. The van der Waals surface area contributed by atoms with Crippen LogP contribution < -0.4 is 15.5 Å². The molecule has 10 heteroatoms. The Morgan fingerprint density at radius 1 is 1.10 bits per heavy atom. The highest BCUT2D eigenvalue weighted by atomic mass is 35.5. The second-order valence-corrected chi connectivity index (χ2v) is 9.38. The van der Waals surface area contributed by atoms with Gasteiger partial charge in [0.2, 0.25) is 10.0 Å². The van der Waals surface area contributed by atoms with Gasteiger partial charge in [0.15, 0.2) is 5.65 Å². The maximum atomic E-state index is 12.5. The van der Waals surface area contributed by atoms with Gasteiger partial charge in [-0.25, -0.2) is 18.1 Å². The molecule has 2 N–H and O–H groups in total. The number of nitrogens with one attached hydrogen (secondary N) is 2. The van der Waals surface area contributed by atoms with E-state index in [1.807, 2.05) is 45.1 Å². The van der Waals surface area contributed by atoms with Gasteiger partial charge in [0.1, 0.15) is 13.7 Å². The molecule has 7 nitrogen and oxygen atoms in total. The highest BCUT2D eigenvalue weighted by Gasteiger charge is 2.14. The van der Waals surface area contributed by atoms with E-state index >= 15 is 0 Å². The molecule has 2 heterocycles. The maximum Gasteiger partial charge on any atom is 0.240 e. The number of rotatable bonds is 7. The summed E-state index contributed by atoms with van der Waals surface area (Å²) in [5.74, 6) is 0.697. The van der Waals surface area contributed by atoms with E-state index in [0.717, 1.165) is 16.6 Å². The highest BCUT2D eigenvalue weighted by Crippen LogP contribution is 2.28. The van der Waals surface area contributed by atoms with Crippen LogP contribution in [0.4, 0.5) is 5.82 Å². The van der Waals surface area contributed by atoms with Crippen LogP contribution >= 0.6 is 11.6 Å². The zero-order valence-corrected chi connectivity index (χ0v) is 18.7. The first-order valence-electron chi connectivity index (χ1n) is 9.76. The van der Waals surface area contributed by atoms with Crippen LogP contribution in [0.5, 0.6) is 0 Å². The first kappa shape index (κ1) is 21.4. The fourth-order valence-electron chi connectivity index (χ4n) is 3.18. The molecule has 0 radical (unpaired) electrons. The minimum absolute atomic E-state index is 0.210. The minimum atomic E-state index is -3.57. The number of halogens is 1. The van der Waals surface area contributed by atoms with Crippen LogP contribution in [0.25, 0.3) is 16.9 Å². The number of fused-ring (bicyclic) bond motifs is 1. The monoisotopic (exact) mass is 453 g/mol. The first-order chi connectivity index (χ1) is 14.8. The molecule has 0 saturated heterocycles. The summed E-state index contributed by atoms with van der Waals surface area (Å²) in [6.07, 6.45) is 1.74. The van der Waals surface area contributed by atoms with Crippen LogP contribution in [0.15, 0.2) is 65.7 Å². The molecule has 158 valence electrons. The molecule has 0 saturated carbocycles. The second-order valence-electron chi connectivity index (χ2n) is 7.21. The van der Waals surface area contributed by atoms with E-state index in [-0.39, 0.29) is 11.4 Å². The van der Waals surface area contributed by atoms with Crippen LogP contribution in [0, 0.1) is 6.92 Å². The fourth-order valence-corrected chi connectivity index (χ4v) is 4.45. The van der Waals surface area contributed by atoms with Crippen LogP contribution in [0.1, 0.15) is 5.56 Å². The molecular weight excluding hydrogens is 433 g/mol. The van der Waals surface area contributed by atoms with Gasteiger partial charge in [-0.15, -0.1) is 0 Å². The lowest BCUT2D eigenvalue weighted by Crippen LogP contribution is -2.29. The fraction of sp³-hybridized carbons (Fsp3) is 0.143. The summed E-state index contributed by atoms with van der Waals surface area (Å²) < 4.78 is 29.2. The van der Waals surface area contributed by atoms with Gasteiger partial charge in [0.25, 0.3) is 0 Å². The SMILES string of the molecule is Bc1cnn2c(NCCNS(=O)(=O)c3ccc(C)cc3)cc(-c3ccccc3Cl)nc12. The lowest BCUT2D eigenvalue weighted by atomic mass is 10.0. The highest BCUT2D eigenvalue weighted by molar-refractivity contribution is 7.89. The van der Waals surface area contributed by atoms with E-state index in [0.29, 0.717) is 28.7 Å². The van der Waals surface area contributed by atoms with Gasteiger partial charge >= 0.3 is 0 Å². The van der Waals surface area contributed by atoms with Gasteiger partial charge in [0.05, 0.1) is 10.6 Å². The maximum absolute atomic E-state index is 12.5. The molecule has 0 spiro atoms. The van der Waals surface area contributed by atoms with E-state index in [2.05, 4.69) is 15.1 Å². The predicted molar refractivity (Wildman–Crippen MR) is 126 cm³/mol. The molecule has 0 aliphatic heterocycles. The van der Waals surface area contributed by atoms with Crippen molar-refractivity contribution in [3.05, 3.63) is 71.4 Å². The number of aromatic nitrogens is 3. The van der Waals surface area contributed by atoms with Crippen molar-refractivity contribution in [2.75, 3.05) is 18.4 Å².